The van der Waals surface area contributed by atoms with Crippen molar-refractivity contribution in [2.45, 2.75) is 31.8 Å². The van der Waals surface area contributed by atoms with Crippen molar-refractivity contribution >= 4 is 5.95 Å². The summed E-state index contributed by atoms with van der Waals surface area (Å²) in [6.45, 7) is 2.72. The molecule has 3 N–H and O–H groups in total. The van der Waals surface area contributed by atoms with Crippen molar-refractivity contribution < 1.29 is 4.74 Å². The number of hydrogen-bond donors (Lipinski definition) is 2. The highest BCUT2D eigenvalue weighted by molar-refractivity contribution is 5.43. The van der Waals surface area contributed by atoms with Crippen LogP contribution in [0, 0.1) is 0 Å². The molecule has 1 heterocycles. The van der Waals surface area contributed by atoms with Gasteiger partial charge in [0.25, 0.3) is 0 Å². The minimum absolute atomic E-state index is 0.0335. The van der Waals surface area contributed by atoms with Gasteiger partial charge in [0.05, 0.1) is 12.6 Å². The number of ether oxygens (including phenoxy) is 1. The molecule has 0 aliphatic heterocycles. The molecule has 2 aromatic rings. The van der Waals surface area contributed by atoms with E-state index < -0.39 is 0 Å². The van der Waals surface area contributed by atoms with Gasteiger partial charge in [0.15, 0.2) is 0 Å². The molecule has 0 spiro atoms. The molecule has 0 bridgehead atoms. The standard InChI is InChI=1S/C16H20N4O/c1-2-9-21-14-7-8-18-16(19-14)20-15-12-6-4-3-5-11(12)10-13(15)17/h3-8,13,15H,2,9-10,17H2,1H3,(H,18,19,20). The fourth-order valence-electron chi connectivity index (χ4n) is 2.65. The summed E-state index contributed by atoms with van der Waals surface area (Å²) in [7, 11) is 0. The molecule has 2 atom stereocenters. The van der Waals surface area contributed by atoms with E-state index in [1.165, 1.54) is 11.1 Å². The molecule has 21 heavy (non-hydrogen) atoms. The van der Waals surface area contributed by atoms with E-state index in [2.05, 4.69) is 34.3 Å². The summed E-state index contributed by atoms with van der Waals surface area (Å²) in [6.07, 6.45) is 3.53. The number of nitrogens with two attached hydrogens (primary N) is 1. The Hall–Kier alpha value is -2.14. The summed E-state index contributed by atoms with van der Waals surface area (Å²) < 4.78 is 5.53. The summed E-state index contributed by atoms with van der Waals surface area (Å²) >= 11 is 0. The normalized spacial score (nSPS) is 20.1. The summed E-state index contributed by atoms with van der Waals surface area (Å²) in [5.41, 5.74) is 8.77. The Morgan fingerprint density at radius 1 is 1.33 bits per heavy atom. The van der Waals surface area contributed by atoms with Crippen LogP contribution < -0.4 is 15.8 Å². The number of nitrogens with one attached hydrogen (secondary N) is 1. The number of aromatic nitrogens is 2. The van der Waals surface area contributed by atoms with Gasteiger partial charge in [-0.2, -0.15) is 4.98 Å². The second kappa shape index (κ2) is 6.10. The lowest BCUT2D eigenvalue weighted by molar-refractivity contribution is 0.305. The van der Waals surface area contributed by atoms with E-state index in [0.29, 0.717) is 18.4 Å². The third-order valence-electron chi connectivity index (χ3n) is 3.64. The van der Waals surface area contributed by atoms with Crippen molar-refractivity contribution in [2.75, 3.05) is 11.9 Å². The molecule has 0 saturated heterocycles. The van der Waals surface area contributed by atoms with Gasteiger partial charge >= 0.3 is 0 Å². The van der Waals surface area contributed by atoms with Gasteiger partial charge in [-0.05, 0) is 24.0 Å². The second-order valence-electron chi connectivity index (χ2n) is 5.26. The molecule has 0 fully saturated rings. The SMILES string of the molecule is CCCOc1ccnc(NC2c3ccccc3CC2N)n1. The predicted molar refractivity (Wildman–Crippen MR) is 82.3 cm³/mol. The van der Waals surface area contributed by atoms with Gasteiger partial charge in [0.2, 0.25) is 11.8 Å². The summed E-state index contributed by atoms with van der Waals surface area (Å²) in [6, 6.07) is 10.2. The van der Waals surface area contributed by atoms with Crippen LogP contribution in [0.3, 0.4) is 0 Å². The molecule has 0 amide bonds. The maximum absolute atomic E-state index is 6.25. The fourth-order valence-corrected chi connectivity index (χ4v) is 2.65. The fraction of sp³-hybridized carbons (Fsp3) is 0.375. The Morgan fingerprint density at radius 3 is 3.05 bits per heavy atom. The van der Waals surface area contributed by atoms with Crippen LogP contribution in [0.4, 0.5) is 5.95 Å². The smallest absolute Gasteiger partial charge is 0.226 e. The molecule has 0 saturated carbocycles. The summed E-state index contributed by atoms with van der Waals surface area (Å²) in [4.78, 5) is 8.64. The molecule has 3 rings (SSSR count). The first-order valence-electron chi connectivity index (χ1n) is 7.33. The van der Waals surface area contributed by atoms with Gasteiger partial charge in [0.1, 0.15) is 0 Å². The zero-order valence-corrected chi connectivity index (χ0v) is 12.1. The van der Waals surface area contributed by atoms with Crippen LogP contribution in [0.1, 0.15) is 30.5 Å². The predicted octanol–water partition coefficient (Wildman–Crippen LogP) is 2.30. The Labute approximate surface area is 124 Å². The molecule has 5 nitrogen and oxygen atoms in total. The van der Waals surface area contributed by atoms with Crippen LogP contribution in [-0.2, 0) is 6.42 Å². The van der Waals surface area contributed by atoms with Crippen molar-refractivity contribution in [3.8, 4) is 5.88 Å². The molecule has 0 radical (unpaired) electrons. The Morgan fingerprint density at radius 2 is 2.19 bits per heavy atom. The quantitative estimate of drug-likeness (QED) is 0.881. The first-order valence-corrected chi connectivity index (χ1v) is 7.33. The average molecular weight is 284 g/mol. The molecular formula is C16H20N4O. The zero-order valence-electron chi connectivity index (χ0n) is 12.1. The lowest BCUT2D eigenvalue weighted by atomic mass is 10.1. The maximum Gasteiger partial charge on any atom is 0.226 e. The van der Waals surface area contributed by atoms with Gasteiger partial charge in [0, 0.05) is 18.3 Å². The minimum atomic E-state index is 0.0335. The van der Waals surface area contributed by atoms with Crippen molar-refractivity contribution in [3.63, 3.8) is 0 Å². The van der Waals surface area contributed by atoms with Crippen LogP contribution in [0.2, 0.25) is 0 Å². The lowest BCUT2D eigenvalue weighted by Gasteiger charge is -2.18. The third-order valence-corrected chi connectivity index (χ3v) is 3.64. The first kappa shape index (κ1) is 13.8. The van der Waals surface area contributed by atoms with Crippen molar-refractivity contribution in [1.29, 1.82) is 0 Å². The van der Waals surface area contributed by atoms with E-state index in [9.17, 15) is 0 Å². The highest BCUT2D eigenvalue weighted by atomic mass is 16.5. The first-order chi connectivity index (χ1) is 10.3. The number of rotatable bonds is 5. The largest absolute Gasteiger partial charge is 0.478 e. The summed E-state index contributed by atoms with van der Waals surface area (Å²) in [5, 5.41) is 3.34. The monoisotopic (exact) mass is 284 g/mol. The third kappa shape index (κ3) is 2.97. The molecule has 5 heteroatoms. The Bertz CT molecular complexity index is 617. The van der Waals surface area contributed by atoms with Crippen molar-refractivity contribution in [3.05, 3.63) is 47.7 Å². The van der Waals surface area contributed by atoms with Gasteiger partial charge in [-0.3, -0.25) is 0 Å². The van der Waals surface area contributed by atoms with E-state index in [-0.39, 0.29) is 12.1 Å². The Balaban J connectivity index is 1.77. The van der Waals surface area contributed by atoms with Crippen molar-refractivity contribution in [1.82, 2.24) is 9.97 Å². The Kier molecular flexibility index (Phi) is 4.01. The minimum Gasteiger partial charge on any atom is -0.478 e. The number of anilines is 1. The van der Waals surface area contributed by atoms with E-state index in [0.717, 1.165) is 12.8 Å². The van der Waals surface area contributed by atoms with Gasteiger partial charge in [-0.1, -0.05) is 31.2 Å². The highest BCUT2D eigenvalue weighted by Gasteiger charge is 2.29. The number of fused-ring (bicyclic) bond motifs is 1. The second-order valence-corrected chi connectivity index (χ2v) is 5.26. The maximum atomic E-state index is 6.25. The number of nitrogens with zero attached hydrogens (tertiary/aromatic N) is 2. The number of hydrogen-bond acceptors (Lipinski definition) is 5. The van der Waals surface area contributed by atoms with Crippen LogP contribution in [-0.4, -0.2) is 22.6 Å². The molecule has 110 valence electrons. The lowest BCUT2D eigenvalue weighted by Crippen LogP contribution is -2.30. The van der Waals surface area contributed by atoms with Crippen LogP contribution in [0.15, 0.2) is 36.5 Å². The van der Waals surface area contributed by atoms with Crippen LogP contribution >= 0.6 is 0 Å². The molecule has 2 unspecified atom stereocenters. The van der Waals surface area contributed by atoms with Gasteiger partial charge in [-0.25, -0.2) is 4.98 Å². The highest BCUT2D eigenvalue weighted by Crippen LogP contribution is 2.32. The molecule has 1 aromatic carbocycles. The van der Waals surface area contributed by atoms with E-state index in [1.807, 2.05) is 12.1 Å². The molecule has 1 aliphatic carbocycles. The molecular weight excluding hydrogens is 264 g/mol. The van der Waals surface area contributed by atoms with Crippen LogP contribution in [0.25, 0.3) is 0 Å². The zero-order chi connectivity index (χ0) is 14.7. The number of benzene rings is 1. The van der Waals surface area contributed by atoms with E-state index in [4.69, 9.17) is 10.5 Å². The topological polar surface area (TPSA) is 73.1 Å². The molecule has 1 aromatic heterocycles. The van der Waals surface area contributed by atoms with E-state index >= 15 is 0 Å². The van der Waals surface area contributed by atoms with Gasteiger partial charge < -0.3 is 15.8 Å². The average Bonchev–Trinajstić information content (AvgIpc) is 2.82. The molecule has 1 aliphatic rings. The van der Waals surface area contributed by atoms with Crippen LogP contribution in [0.5, 0.6) is 5.88 Å². The van der Waals surface area contributed by atoms with Crippen molar-refractivity contribution in [2.24, 2.45) is 5.73 Å². The van der Waals surface area contributed by atoms with Gasteiger partial charge in [-0.15, -0.1) is 0 Å². The van der Waals surface area contributed by atoms with E-state index in [1.54, 1.807) is 12.3 Å². The summed E-state index contributed by atoms with van der Waals surface area (Å²) in [5.74, 6) is 1.15.